The lowest BCUT2D eigenvalue weighted by atomic mass is 10.1. The maximum absolute atomic E-state index is 5.69. The summed E-state index contributed by atoms with van der Waals surface area (Å²) in [5.41, 5.74) is 10.8. The van der Waals surface area contributed by atoms with Crippen LogP contribution in [0.3, 0.4) is 0 Å². The molecular weight excluding hydrogens is 254 g/mol. The molecule has 2 N–H and O–H groups in total. The maximum atomic E-state index is 5.69. The molecule has 0 aliphatic carbocycles. The molecule has 1 heterocycles. The predicted octanol–water partition coefficient (Wildman–Crippen LogP) is 2.97. The number of para-hydroxylation sites is 2. The van der Waals surface area contributed by atoms with E-state index < -0.39 is 0 Å². The summed E-state index contributed by atoms with van der Waals surface area (Å²) in [6.07, 6.45) is 1.83. The molecule has 0 bridgehead atoms. The van der Waals surface area contributed by atoms with Crippen LogP contribution in [0.25, 0.3) is 16.7 Å². The van der Waals surface area contributed by atoms with Gasteiger partial charge in [0.1, 0.15) is 11.3 Å². The van der Waals surface area contributed by atoms with E-state index in [1.54, 1.807) is 0 Å². The fraction of sp³-hybridized carbons (Fsp3) is 0.0667. The van der Waals surface area contributed by atoms with Gasteiger partial charge in [-0.3, -0.25) is 4.57 Å². The summed E-state index contributed by atoms with van der Waals surface area (Å²) < 4.78 is 2.06. The summed E-state index contributed by atoms with van der Waals surface area (Å²) in [5.74, 6) is 0. The first-order chi connectivity index (χ1) is 9.16. The van der Waals surface area contributed by atoms with Gasteiger partial charge in [0, 0.05) is 11.3 Å². The van der Waals surface area contributed by atoms with Crippen LogP contribution in [0.4, 0.5) is 0 Å². The van der Waals surface area contributed by atoms with Gasteiger partial charge in [-0.1, -0.05) is 24.4 Å². The van der Waals surface area contributed by atoms with Crippen LogP contribution in [0.1, 0.15) is 11.1 Å². The Morgan fingerprint density at radius 2 is 2.00 bits per heavy atom. The number of nitrogens with zero attached hydrogens (tertiary/aromatic N) is 2. The van der Waals surface area contributed by atoms with E-state index >= 15 is 0 Å². The molecule has 19 heavy (non-hydrogen) atoms. The predicted molar refractivity (Wildman–Crippen MR) is 81.7 cm³/mol. The summed E-state index contributed by atoms with van der Waals surface area (Å²) in [7, 11) is 0. The topological polar surface area (TPSA) is 43.8 Å². The number of rotatable bonds is 2. The Bertz CT molecular complexity index is 774. The zero-order valence-corrected chi connectivity index (χ0v) is 11.3. The first-order valence-corrected chi connectivity index (χ1v) is 6.40. The molecular formula is C15H13N3S. The van der Waals surface area contributed by atoms with Gasteiger partial charge in [0.2, 0.25) is 0 Å². The third-order valence-electron chi connectivity index (χ3n) is 3.21. The number of thiocarbonyl (C=S) groups is 1. The van der Waals surface area contributed by atoms with Crippen LogP contribution in [0.5, 0.6) is 0 Å². The van der Waals surface area contributed by atoms with Gasteiger partial charge in [0.05, 0.1) is 11.0 Å². The minimum atomic E-state index is 0.430. The fourth-order valence-electron chi connectivity index (χ4n) is 2.24. The van der Waals surface area contributed by atoms with E-state index in [0.717, 1.165) is 27.8 Å². The molecule has 0 amide bonds. The highest BCUT2D eigenvalue weighted by molar-refractivity contribution is 7.80. The molecule has 2 aromatic carbocycles. The lowest BCUT2D eigenvalue weighted by molar-refractivity contribution is 1.09. The Hall–Kier alpha value is -2.20. The molecule has 0 spiro atoms. The Balaban J connectivity index is 2.17. The summed E-state index contributed by atoms with van der Waals surface area (Å²) >= 11 is 5.03. The average molecular weight is 267 g/mol. The maximum Gasteiger partial charge on any atom is 0.104 e. The van der Waals surface area contributed by atoms with Crippen molar-refractivity contribution in [1.29, 1.82) is 0 Å². The first-order valence-electron chi connectivity index (χ1n) is 6.00. The zero-order chi connectivity index (χ0) is 13.4. The van der Waals surface area contributed by atoms with E-state index in [0.29, 0.717) is 4.99 Å². The molecule has 0 unspecified atom stereocenters. The van der Waals surface area contributed by atoms with Gasteiger partial charge in [-0.15, -0.1) is 0 Å². The van der Waals surface area contributed by atoms with Crippen molar-refractivity contribution in [2.45, 2.75) is 6.92 Å². The molecule has 4 heteroatoms. The second-order valence-electron chi connectivity index (χ2n) is 4.47. The SMILES string of the molecule is Cc1cc(-n2cnc3ccccc32)ccc1C(N)=S. The number of aromatic nitrogens is 2. The number of nitrogens with two attached hydrogens (primary N) is 1. The molecule has 0 radical (unpaired) electrons. The van der Waals surface area contributed by atoms with E-state index in [2.05, 4.69) is 21.7 Å². The Morgan fingerprint density at radius 1 is 1.21 bits per heavy atom. The number of fused-ring (bicyclic) bond motifs is 1. The van der Waals surface area contributed by atoms with Gasteiger partial charge in [0.25, 0.3) is 0 Å². The van der Waals surface area contributed by atoms with Crippen LogP contribution in [-0.2, 0) is 0 Å². The van der Waals surface area contributed by atoms with Crippen LogP contribution in [0, 0.1) is 6.92 Å². The molecule has 3 nitrogen and oxygen atoms in total. The first kappa shape index (κ1) is 11.9. The van der Waals surface area contributed by atoms with E-state index in [-0.39, 0.29) is 0 Å². The van der Waals surface area contributed by atoms with Gasteiger partial charge in [-0.25, -0.2) is 4.98 Å². The van der Waals surface area contributed by atoms with Crippen molar-refractivity contribution in [2.24, 2.45) is 5.73 Å². The van der Waals surface area contributed by atoms with Crippen molar-refractivity contribution in [3.8, 4) is 5.69 Å². The van der Waals surface area contributed by atoms with Gasteiger partial charge in [-0.05, 0) is 42.8 Å². The Kier molecular flexibility index (Phi) is 2.80. The Labute approximate surface area is 116 Å². The van der Waals surface area contributed by atoms with Crippen molar-refractivity contribution in [3.05, 3.63) is 59.9 Å². The highest BCUT2D eigenvalue weighted by Crippen LogP contribution is 2.20. The standard InChI is InChI=1S/C15H13N3S/c1-10-8-11(6-7-12(10)15(16)19)18-9-17-13-4-2-3-5-14(13)18/h2-9H,1H3,(H2,16,19). The van der Waals surface area contributed by atoms with Gasteiger partial charge >= 0.3 is 0 Å². The van der Waals surface area contributed by atoms with E-state index in [1.807, 2.05) is 43.6 Å². The zero-order valence-electron chi connectivity index (χ0n) is 10.5. The van der Waals surface area contributed by atoms with Crippen molar-refractivity contribution in [2.75, 3.05) is 0 Å². The second kappa shape index (κ2) is 4.48. The van der Waals surface area contributed by atoms with E-state index in [1.165, 1.54) is 0 Å². The molecule has 1 aromatic heterocycles. The summed E-state index contributed by atoms with van der Waals surface area (Å²) in [6, 6.07) is 14.1. The van der Waals surface area contributed by atoms with Gasteiger partial charge < -0.3 is 5.73 Å². The third-order valence-corrected chi connectivity index (χ3v) is 3.43. The summed E-state index contributed by atoms with van der Waals surface area (Å²) in [5, 5.41) is 0. The number of hydrogen-bond donors (Lipinski definition) is 1. The number of hydrogen-bond acceptors (Lipinski definition) is 2. The van der Waals surface area contributed by atoms with Crippen LogP contribution >= 0.6 is 12.2 Å². The normalized spacial score (nSPS) is 10.8. The monoisotopic (exact) mass is 267 g/mol. The van der Waals surface area contributed by atoms with E-state index in [4.69, 9.17) is 18.0 Å². The van der Waals surface area contributed by atoms with Crippen molar-refractivity contribution >= 4 is 28.2 Å². The number of imidazole rings is 1. The quantitative estimate of drug-likeness (QED) is 0.726. The molecule has 0 saturated heterocycles. The van der Waals surface area contributed by atoms with Crippen LogP contribution in [-0.4, -0.2) is 14.5 Å². The molecule has 3 rings (SSSR count). The lowest BCUT2D eigenvalue weighted by Crippen LogP contribution is -2.11. The van der Waals surface area contributed by atoms with Crippen LogP contribution in [0.2, 0.25) is 0 Å². The Morgan fingerprint density at radius 3 is 2.74 bits per heavy atom. The molecule has 94 valence electrons. The molecule has 0 saturated carbocycles. The molecule has 0 aliphatic rings. The van der Waals surface area contributed by atoms with Gasteiger partial charge in [0.15, 0.2) is 0 Å². The lowest BCUT2D eigenvalue weighted by Gasteiger charge is -2.09. The highest BCUT2D eigenvalue weighted by atomic mass is 32.1. The van der Waals surface area contributed by atoms with Gasteiger partial charge in [-0.2, -0.15) is 0 Å². The minimum absolute atomic E-state index is 0.430. The number of aryl methyl sites for hydroxylation is 1. The highest BCUT2D eigenvalue weighted by Gasteiger charge is 2.06. The van der Waals surface area contributed by atoms with E-state index in [9.17, 15) is 0 Å². The minimum Gasteiger partial charge on any atom is -0.389 e. The average Bonchev–Trinajstić information content (AvgIpc) is 2.82. The van der Waals surface area contributed by atoms with Crippen molar-refractivity contribution in [1.82, 2.24) is 9.55 Å². The van der Waals surface area contributed by atoms with Crippen LogP contribution < -0.4 is 5.73 Å². The largest absolute Gasteiger partial charge is 0.389 e. The third kappa shape index (κ3) is 2.00. The van der Waals surface area contributed by atoms with Crippen LogP contribution in [0.15, 0.2) is 48.8 Å². The second-order valence-corrected chi connectivity index (χ2v) is 4.91. The molecule has 0 aliphatic heterocycles. The molecule has 3 aromatic rings. The van der Waals surface area contributed by atoms with Crippen molar-refractivity contribution in [3.63, 3.8) is 0 Å². The fourth-order valence-corrected chi connectivity index (χ4v) is 2.47. The molecule has 0 atom stereocenters. The van der Waals surface area contributed by atoms with Crippen molar-refractivity contribution < 1.29 is 0 Å². The summed E-state index contributed by atoms with van der Waals surface area (Å²) in [6.45, 7) is 2.01. The summed E-state index contributed by atoms with van der Waals surface area (Å²) in [4.78, 5) is 4.82. The number of benzene rings is 2. The molecule has 0 fully saturated rings. The smallest absolute Gasteiger partial charge is 0.104 e.